The van der Waals surface area contributed by atoms with Crippen LogP contribution in [0.5, 0.6) is 5.75 Å². The van der Waals surface area contributed by atoms with Gasteiger partial charge in [-0.1, -0.05) is 12.1 Å². The average Bonchev–Trinajstić information content (AvgIpc) is 2.78. The second kappa shape index (κ2) is 5.58. The molecule has 0 N–H and O–H groups in total. The van der Waals surface area contributed by atoms with Crippen molar-refractivity contribution in [2.75, 3.05) is 4.90 Å². The van der Waals surface area contributed by atoms with Crippen LogP contribution in [0.15, 0.2) is 42.5 Å². The van der Waals surface area contributed by atoms with E-state index >= 15 is 0 Å². The molecule has 1 aliphatic heterocycles. The van der Waals surface area contributed by atoms with Gasteiger partial charge in [0.1, 0.15) is 5.69 Å². The Labute approximate surface area is 137 Å². The molecule has 2 aromatic rings. The Morgan fingerprint density at radius 1 is 1.00 bits per heavy atom. The van der Waals surface area contributed by atoms with E-state index < -0.39 is 40.2 Å². The van der Waals surface area contributed by atoms with E-state index in [1.54, 1.807) is 0 Å². The summed E-state index contributed by atoms with van der Waals surface area (Å²) in [5.74, 6) is -2.69. The maximum Gasteiger partial charge on any atom is 0.573 e. The molecule has 128 valence electrons. The maximum absolute atomic E-state index is 12.6. The number of halogens is 3. The number of imide groups is 1. The van der Waals surface area contributed by atoms with Crippen LogP contribution in [0.4, 0.5) is 24.5 Å². The van der Waals surface area contributed by atoms with Crippen LogP contribution in [0.2, 0.25) is 0 Å². The molecule has 1 aliphatic rings. The lowest BCUT2D eigenvalue weighted by atomic mass is 10.1. The van der Waals surface area contributed by atoms with E-state index in [0.29, 0.717) is 17.0 Å². The summed E-state index contributed by atoms with van der Waals surface area (Å²) in [7, 11) is 0. The van der Waals surface area contributed by atoms with Gasteiger partial charge in [-0.25, -0.2) is 4.90 Å². The summed E-state index contributed by atoms with van der Waals surface area (Å²) in [6.45, 7) is 0. The zero-order valence-corrected chi connectivity index (χ0v) is 12.1. The van der Waals surface area contributed by atoms with E-state index in [1.807, 2.05) is 0 Å². The van der Waals surface area contributed by atoms with Crippen molar-refractivity contribution in [3.05, 3.63) is 63.7 Å². The largest absolute Gasteiger partial charge is 0.573 e. The Kier molecular flexibility index (Phi) is 3.67. The molecule has 0 spiro atoms. The first-order valence-corrected chi connectivity index (χ1v) is 6.71. The number of nitro benzene ring substituents is 1. The number of fused-ring (bicyclic) bond motifs is 1. The number of rotatable bonds is 3. The fourth-order valence-electron chi connectivity index (χ4n) is 2.41. The minimum Gasteiger partial charge on any atom is -0.404 e. The fraction of sp³-hybridized carbons (Fsp3) is 0.0667. The number of non-ortho nitro benzene ring substituents is 1. The SMILES string of the molecule is O=C1c2ccccc2C(=O)N1c1cc([N+](=O)[O-])ccc1OC(F)(F)F. The van der Waals surface area contributed by atoms with E-state index in [0.717, 1.165) is 6.07 Å². The molecular formula is C15H7F3N2O5. The maximum atomic E-state index is 12.6. The first-order chi connectivity index (χ1) is 11.7. The van der Waals surface area contributed by atoms with Crippen LogP contribution in [0.25, 0.3) is 0 Å². The molecule has 0 aromatic heterocycles. The Bertz CT molecular complexity index is 875. The molecule has 3 rings (SSSR count). The van der Waals surface area contributed by atoms with Crippen molar-refractivity contribution in [2.45, 2.75) is 6.36 Å². The zero-order valence-electron chi connectivity index (χ0n) is 12.1. The van der Waals surface area contributed by atoms with Crippen LogP contribution in [-0.4, -0.2) is 23.1 Å². The third-order valence-corrected chi connectivity index (χ3v) is 3.41. The molecule has 0 atom stereocenters. The lowest BCUT2D eigenvalue weighted by molar-refractivity contribution is -0.384. The molecule has 0 bridgehead atoms. The summed E-state index contributed by atoms with van der Waals surface area (Å²) in [5, 5.41) is 10.9. The highest BCUT2D eigenvalue weighted by molar-refractivity contribution is 6.34. The van der Waals surface area contributed by atoms with Crippen LogP contribution in [0.1, 0.15) is 20.7 Å². The third kappa shape index (κ3) is 2.89. The highest BCUT2D eigenvalue weighted by atomic mass is 19.4. The number of anilines is 1. The lowest BCUT2D eigenvalue weighted by Gasteiger charge is -2.19. The number of carbonyl (C=O) groups is 2. The molecule has 1 heterocycles. The number of benzene rings is 2. The minimum atomic E-state index is -5.11. The van der Waals surface area contributed by atoms with Crippen molar-refractivity contribution in [1.29, 1.82) is 0 Å². The standard InChI is InChI=1S/C15H7F3N2O5/c16-15(17,18)25-12-6-5-8(20(23)24)7-11(12)19-13(21)9-3-1-2-4-10(9)14(19)22/h1-7H. The summed E-state index contributed by atoms with van der Waals surface area (Å²) in [4.78, 5) is 35.3. The van der Waals surface area contributed by atoms with Crippen LogP contribution in [-0.2, 0) is 0 Å². The van der Waals surface area contributed by atoms with Crippen molar-refractivity contribution >= 4 is 23.2 Å². The number of amides is 2. The van der Waals surface area contributed by atoms with Crippen LogP contribution in [0.3, 0.4) is 0 Å². The molecule has 0 saturated carbocycles. The van der Waals surface area contributed by atoms with Crippen LogP contribution >= 0.6 is 0 Å². The summed E-state index contributed by atoms with van der Waals surface area (Å²) >= 11 is 0. The normalized spacial score (nSPS) is 13.8. The molecule has 2 amide bonds. The first kappa shape index (κ1) is 16.4. The van der Waals surface area contributed by atoms with Crippen molar-refractivity contribution in [3.63, 3.8) is 0 Å². The molecule has 7 nitrogen and oxygen atoms in total. The van der Waals surface area contributed by atoms with Gasteiger partial charge in [-0.15, -0.1) is 13.2 Å². The van der Waals surface area contributed by atoms with Crippen molar-refractivity contribution in [3.8, 4) is 5.75 Å². The van der Waals surface area contributed by atoms with E-state index in [2.05, 4.69) is 4.74 Å². The smallest absolute Gasteiger partial charge is 0.404 e. The van der Waals surface area contributed by atoms with Gasteiger partial charge >= 0.3 is 6.36 Å². The lowest BCUT2D eigenvalue weighted by Crippen LogP contribution is -2.30. The van der Waals surface area contributed by atoms with Crippen LogP contribution in [0, 0.1) is 10.1 Å². The number of hydrogen-bond acceptors (Lipinski definition) is 5. The Balaban J connectivity index is 2.15. The predicted molar refractivity (Wildman–Crippen MR) is 77.4 cm³/mol. The number of alkyl halides is 3. The van der Waals surface area contributed by atoms with Crippen molar-refractivity contribution < 1.29 is 32.4 Å². The molecule has 2 aromatic carbocycles. The van der Waals surface area contributed by atoms with Gasteiger partial charge in [-0.2, -0.15) is 0 Å². The fourth-order valence-corrected chi connectivity index (χ4v) is 2.41. The van der Waals surface area contributed by atoms with E-state index in [9.17, 15) is 32.9 Å². The summed E-state index contributed by atoms with van der Waals surface area (Å²) in [5.41, 5.74) is -1.28. The average molecular weight is 352 g/mol. The Morgan fingerprint density at radius 2 is 1.56 bits per heavy atom. The highest BCUT2D eigenvalue weighted by Gasteiger charge is 2.40. The molecule has 0 saturated heterocycles. The topological polar surface area (TPSA) is 89.8 Å². The van der Waals surface area contributed by atoms with E-state index in [4.69, 9.17) is 0 Å². The molecule has 0 fully saturated rings. The number of carbonyl (C=O) groups excluding carboxylic acids is 2. The van der Waals surface area contributed by atoms with Gasteiger partial charge in [0.25, 0.3) is 17.5 Å². The summed E-state index contributed by atoms with van der Waals surface area (Å²) < 4.78 is 41.5. The van der Waals surface area contributed by atoms with Gasteiger partial charge in [-0.3, -0.25) is 19.7 Å². The van der Waals surface area contributed by atoms with E-state index in [1.165, 1.54) is 24.3 Å². The monoisotopic (exact) mass is 352 g/mol. The molecule has 0 radical (unpaired) electrons. The number of hydrogen-bond donors (Lipinski definition) is 0. The predicted octanol–water partition coefficient (Wildman–Crippen LogP) is 3.29. The summed E-state index contributed by atoms with van der Waals surface area (Å²) in [6, 6.07) is 7.77. The molecule has 0 unspecified atom stereocenters. The van der Waals surface area contributed by atoms with Gasteiger partial charge in [0.05, 0.1) is 16.1 Å². The second-order valence-corrected chi connectivity index (χ2v) is 4.95. The quantitative estimate of drug-likeness (QED) is 0.480. The Morgan fingerprint density at radius 3 is 2.04 bits per heavy atom. The zero-order chi connectivity index (χ0) is 18.4. The van der Waals surface area contributed by atoms with Gasteiger partial charge < -0.3 is 4.74 Å². The van der Waals surface area contributed by atoms with Gasteiger partial charge in [0, 0.05) is 12.1 Å². The van der Waals surface area contributed by atoms with Gasteiger partial charge in [0.2, 0.25) is 0 Å². The number of nitrogens with zero attached hydrogens (tertiary/aromatic N) is 2. The van der Waals surface area contributed by atoms with Crippen molar-refractivity contribution in [1.82, 2.24) is 0 Å². The number of nitro groups is 1. The number of ether oxygens (including phenoxy) is 1. The minimum absolute atomic E-state index is 0.0167. The second-order valence-electron chi connectivity index (χ2n) is 4.95. The molecule has 0 aliphatic carbocycles. The van der Waals surface area contributed by atoms with Gasteiger partial charge in [-0.05, 0) is 18.2 Å². The van der Waals surface area contributed by atoms with Crippen molar-refractivity contribution in [2.24, 2.45) is 0 Å². The van der Waals surface area contributed by atoms with E-state index in [-0.39, 0.29) is 11.1 Å². The molecule has 10 heteroatoms. The molecular weight excluding hydrogens is 345 g/mol. The highest BCUT2D eigenvalue weighted by Crippen LogP contribution is 2.39. The van der Waals surface area contributed by atoms with Crippen LogP contribution < -0.4 is 9.64 Å². The van der Waals surface area contributed by atoms with Gasteiger partial charge in [0.15, 0.2) is 5.75 Å². The summed E-state index contributed by atoms with van der Waals surface area (Å²) in [6.07, 6.45) is -5.11. The third-order valence-electron chi connectivity index (χ3n) is 3.41. The Hall–Kier alpha value is -3.43. The molecule has 25 heavy (non-hydrogen) atoms. The first-order valence-electron chi connectivity index (χ1n) is 6.71.